The quantitative estimate of drug-likeness (QED) is 0.505. The molecule has 31 heavy (non-hydrogen) atoms. The van der Waals surface area contributed by atoms with Gasteiger partial charge in [0.05, 0.1) is 24.7 Å². The monoisotopic (exact) mass is 428 g/mol. The van der Waals surface area contributed by atoms with Gasteiger partial charge < -0.3 is 24.1 Å². The summed E-state index contributed by atoms with van der Waals surface area (Å²) in [5.74, 6) is 1.57. The van der Waals surface area contributed by atoms with Crippen LogP contribution in [0.3, 0.4) is 0 Å². The summed E-state index contributed by atoms with van der Waals surface area (Å²) in [4.78, 5) is 16.4. The molecule has 8 nitrogen and oxygen atoms in total. The molecule has 1 fully saturated rings. The normalized spacial score (nSPS) is 21.1. The molecule has 3 atom stereocenters. The number of rotatable bonds is 9. The molecule has 4 rings (SSSR count). The molecule has 166 valence electrons. The Labute approximate surface area is 180 Å². The van der Waals surface area contributed by atoms with Crippen LogP contribution in [0.5, 0.6) is 5.75 Å². The molecule has 2 aromatic heterocycles. The Kier molecular flexibility index (Phi) is 6.70. The third-order valence-corrected chi connectivity index (χ3v) is 5.48. The van der Waals surface area contributed by atoms with Crippen LogP contribution >= 0.6 is 0 Å². The standard InChI is InChI=1S/C23H28N2O6/c1-2-4-15-6-8-17(9-7-15)29-10-3-5-18-11-16-13-25(23(28)24-22(16)30-18)21-12-19(27)20(14-26)31-21/h6-9,11,13,19-21,26-27H,2-5,10,12,14H2,1H3/t19-,20+,21+/m0/s1. The van der Waals surface area contributed by atoms with Gasteiger partial charge in [-0.05, 0) is 36.6 Å². The molecular formula is C23H28N2O6. The molecule has 8 heteroatoms. The van der Waals surface area contributed by atoms with Crippen LogP contribution in [0.15, 0.2) is 45.7 Å². The van der Waals surface area contributed by atoms with E-state index >= 15 is 0 Å². The Morgan fingerprint density at radius 3 is 2.77 bits per heavy atom. The number of aliphatic hydroxyl groups excluding tert-OH is 2. The first-order chi connectivity index (χ1) is 15.1. The highest BCUT2D eigenvalue weighted by atomic mass is 16.5. The SMILES string of the molecule is CCCc1ccc(OCCCc2cc3cn([C@H]4C[C@H](O)[C@@H](CO)O4)c(=O)nc3o2)cc1. The number of fused-ring (bicyclic) bond motifs is 1. The van der Waals surface area contributed by atoms with E-state index in [4.69, 9.17) is 13.9 Å². The first kappa shape index (κ1) is 21.5. The lowest BCUT2D eigenvalue weighted by Crippen LogP contribution is -2.27. The number of hydrogen-bond donors (Lipinski definition) is 2. The van der Waals surface area contributed by atoms with Crippen LogP contribution in [0.25, 0.3) is 11.1 Å². The van der Waals surface area contributed by atoms with E-state index in [1.807, 2.05) is 18.2 Å². The number of ether oxygens (including phenoxy) is 2. The van der Waals surface area contributed by atoms with E-state index in [1.54, 1.807) is 6.20 Å². The predicted octanol–water partition coefficient (Wildman–Crippen LogP) is 2.59. The number of nitrogens with zero attached hydrogens (tertiary/aromatic N) is 2. The first-order valence-electron chi connectivity index (χ1n) is 10.7. The maximum absolute atomic E-state index is 12.4. The van der Waals surface area contributed by atoms with E-state index in [0.29, 0.717) is 18.4 Å². The predicted molar refractivity (Wildman–Crippen MR) is 114 cm³/mol. The van der Waals surface area contributed by atoms with Crippen LogP contribution in [0.1, 0.15) is 43.7 Å². The Hall–Kier alpha value is -2.68. The number of benzene rings is 1. The van der Waals surface area contributed by atoms with Crippen LogP contribution in [0, 0.1) is 0 Å². The van der Waals surface area contributed by atoms with Crippen molar-refractivity contribution in [2.75, 3.05) is 13.2 Å². The van der Waals surface area contributed by atoms with Gasteiger partial charge in [-0.15, -0.1) is 0 Å². The summed E-state index contributed by atoms with van der Waals surface area (Å²) in [6.07, 6.45) is 3.28. The molecule has 1 aliphatic heterocycles. The summed E-state index contributed by atoms with van der Waals surface area (Å²) in [5, 5.41) is 19.8. The van der Waals surface area contributed by atoms with Gasteiger partial charge in [-0.25, -0.2) is 4.79 Å². The van der Waals surface area contributed by atoms with Gasteiger partial charge in [-0.2, -0.15) is 4.98 Å². The summed E-state index contributed by atoms with van der Waals surface area (Å²) in [7, 11) is 0. The van der Waals surface area contributed by atoms with E-state index in [9.17, 15) is 15.0 Å². The van der Waals surface area contributed by atoms with Crippen LogP contribution in [-0.2, 0) is 17.6 Å². The third kappa shape index (κ3) is 4.98. The second-order valence-electron chi connectivity index (χ2n) is 7.86. The Morgan fingerprint density at radius 2 is 2.06 bits per heavy atom. The number of hydrogen-bond acceptors (Lipinski definition) is 7. The summed E-state index contributed by atoms with van der Waals surface area (Å²) in [5.41, 5.74) is 1.07. The second kappa shape index (κ2) is 9.64. The van der Waals surface area contributed by atoms with Crippen molar-refractivity contribution in [2.45, 2.75) is 57.5 Å². The first-order valence-corrected chi connectivity index (χ1v) is 10.7. The molecule has 0 bridgehead atoms. The minimum absolute atomic E-state index is 0.222. The summed E-state index contributed by atoms with van der Waals surface area (Å²) >= 11 is 0. The van der Waals surface area contributed by atoms with Crippen molar-refractivity contribution in [1.29, 1.82) is 0 Å². The average molecular weight is 428 g/mol. The van der Waals surface area contributed by atoms with E-state index < -0.39 is 24.1 Å². The van der Waals surface area contributed by atoms with Crippen molar-refractivity contribution < 1.29 is 24.1 Å². The summed E-state index contributed by atoms with van der Waals surface area (Å²) in [6.45, 7) is 2.42. The van der Waals surface area contributed by atoms with Crippen molar-refractivity contribution in [1.82, 2.24) is 9.55 Å². The van der Waals surface area contributed by atoms with Crippen LogP contribution in [0.4, 0.5) is 0 Å². The average Bonchev–Trinajstić information content (AvgIpc) is 3.34. The Balaban J connectivity index is 1.35. The van der Waals surface area contributed by atoms with Gasteiger partial charge in [0.2, 0.25) is 5.71 Å². The van der Waals surface area contributed by atoms with Crippen LogP contribution in [-0.4, -0.2) is 45.2 Å². The van der Waals surface area contributed by atoms with Gasteiger partial charge in [-0.1, -0.05) is 25.5 Å². The van der Waals surface area contributed by atoms with Gasteiger partial charge >= 0.3 is 5.69 Å². The molecule has 3 heterocycles. The Bertz CT molecular complexity index is 1060. The topological polar surface area (TPSA) is 107 Å². The number of furan rings is 1. The zero-order valence-electron chi connectivity index (χ0n) is 17.6. The highest BCUT2D eigenvalue weighted by Crippen LogP contribution is 2.28. The van der Waals surface area contributed by atoms with Crippen molar-refractivity contribution in [3.8, 4) is 5.75 Å². The molecule has 0 spiro atoms. The second-order valence-corrected chi connectivity index (χ2v) is 7.86. The molecule has 1 aliphatic rings. The minimum Gasteiger partial charge on any atom is -0.494 e. The smallest absolute Gasteiger partial charge is 0.353 e. The maximum atomic E-state index is 12.4. The number of aromatic nitrogens is 2. The molecular weight excluding hydrogens is 400 g/mol. The largest absolute Gasteiger partial charge is 0.494 e. The van der Waals surface area contributed by atoms with Gasteiger partial charge in [0.15, 0.2) is 0 Å². The molecule has 1 saturated heterocycles. The third-order valence-electron chi connectivity index (χ3n) is 5.48. The van der Waals surface area contributed by atoms with Gasteiger partial charge in [0, 0.05) is 19.0 Å². The van der Waals surface area contributed by atoms with Crippen LogP contribution < -0.4 is 10.4 Å². The Morgan fingerprint density at radius 1 is 1.26 bits per heavy atom. The maximum Gasteiger partial charge on any atom is 0.353 e. The van der Waals surface area contributed by atoms with Crippen LogP contribution in [0.2, 0.25) is 0 Å². The fourth-order valence-corrected chi connectivity index (χ4v) is 3.83. The fourth-order valence-electron chi connectivity index (χ4n) is 3.83. The molecule has 0 unspecified atom stereocenters. The lowest BCUT2D eigenvalue weighted by Gasteiger charge is -2.13. The number of aryl methyl sites for hydroxylation is 2. The fraction of sp³-hybridized carbons (Fsp3) is 0.478. The van der Waals surface area contributed by atoms with Crippen molar-refractivity contribution in [3.63, 3.8) is 0 Å². The molecule has 0 amide bonds. The lowest BCUT2D eigenvalue weighted by molar-refractivity contribution is -0.0457. The summed E-state index contributed by atoms with van der Waals surface area (Å²) < 4.78 is 18.4. The lowest BCUT2D eigenvalue weighted by atomic mass is 10.1. The molecule has 0 radical (unpaired) electrons. The molecule has 0 saturated carbocycles. The molecule has 2 N–H and O–H groups in total. The minimum atomic E-state index is -0.819. The van der Waals surface area contributed by atoms with Gasteiger partial charge in [-0.3, -0.25) is 4.57 Å². The number of aliphatic hydroxyl groups is 2. The summed E-state index contributed by atoms with van der Waals surface area (Å²) in [6, 6.07) is 10.0. The van der Waals surface area contributed by atoms with Crippen molar-refractivity contribution in [3.05, 3.63) is 58.3 Å². The van der Waals surface area contributed by atoms with E-state index in [2.05, 4.69) is 24.0 Å². The zero-order chi connectivity index (χ0) is 21.8. The molecule has 1 aromatic carbocycles. The highest BCUT2D eigenvalue weighted by Gasteiger charge is 2.35. The van der Waals surface area contributed by atoms with E-state index in [1.165, 1.54) is 10.1 Å². The molecule has 0 aliphatic carbocycles. The molecule has 3 aromatic rings. The van der Waals surface area contributed by atoms with Crippen molar-refractivity contribution in [2.24, 2.45) is 0 Å². The van der Waals surface area contributed by atoms with Gasteiger partial charge in [0.1, 0.15) is 23.8 Å². The van der Waals surface area contributed by atoms with Gasteiger partial charge in [0.25, 0.3) is 0 Å². The van der Waals surface area contributed by atoms with E-state index in [-0.39, 0.29) is 18.7 Å². The van der Waals surface area contributed by atoms with E-state index in [0.717, 1.165) is 30.8 Å². The highest BCUT2D eigenvalue weighted by molar-refractivity contribution is 5.72. The van der Waals surface area contributed by atoms with Crippen molar-refractivity contribution >= 4 is 11.1 Å². The zero-order valence-corrected chi connectivity index (χ0v) is 17.6.